The normalized spacial score (nSPS) is 11.7. The van der Waals surface area contributed by atoms with Crippen LogP contribution in [0.5, 0.6) is 0 Å². The number of nitrogens with zero attached hydrogens (tertiary/aromatic N) is 4. The van der Waals surface area contributed by atoms with Crippen molar-refractivity contribution in [2.45, 2.75) is 23.9 Å². The third kappa shape index (κ3) is 4.18. The number of rotatable bonds is 7. The smallest absolute Gasteiger partial charge is 0.237 e. The predicted octanol–water partition coefficient (Wildman–Crippen LogP) is 3.65. The van der Waals surface area contributed by atoms with E-state index in [4.69, 9.17) is 0 Å². The van der Waals surface area contributed by atoms with Crippen molar-refractivity contribution < 1.29 is 4.79 Å². The number of pyridine rings is 1. The first-order valence-corrected chi connectivity index (χ1v) is 9.04. The molecular formula is C19H19N5OS. The summed E-state index contributed by atoms with van der Waals surface area (Å²) < 4.78 is 1.93. The summed E-state index contributed by atoms with van der Waals surface area (Å²) in [6.45, 7) is 6.20. The van der Waals surface area contributed by atoms with Gasteiger partial charge in [-0.15, -0.1) is 16.8 Å². The van der Waals surface area contributed by atoms with Crippen LogP contribution in [0.4, 0.5) is 5.69 Å². The largest absolute Gasteiger partial charge is 0.325 e. The monoisotopic (exact) mass is 365 g/mol. The highest BCUT2D eigenvalue weighted by Crippen LogP contribution is 2.27. The number of carbonyl (C=O) groups excluding carboxylic acids is 1. The minimum Gasteiger partial charge on any atom is -0.325 e. The molecule has 0 aliphatic rings. The van der Waals surface area contributed by atoms with Gasteiger partial charge in [0.15, 0.2) is 11.0 Å². The van der Waals surface area contributed by atoms with Crippen LogP contribution in [0, 0.1) is 0 Å². The second-order valence-corrected chi connectivity index (χ2v) is 6.87. The topological polar surface area (TPSA) is 72.7 Å². The van der Waals surface area contributed by atoms with Crippen LogP contribution in [0.2, 0.25) is 0 Å². The molecule has 1 aromatic carbocycles. The van der Waals surface area contributed by atoms with Crippen molar-refractivity contribution in [2.24, 2.45) is 0 Å². The molecule has 1 amide bonds. The Morgan fingerprint density at radius 2 is 2.08 bits per heavy atom. The van der Waals surface area contributed by atoms with Crippen molar-refractivity contribution in [2.75, 3.05) is 5.32 Å². The van der Waals surface area contributed by atoms with Crippen LogP contribution >= 0.6 is 11.8 Å². The molecule has 3 aromatic rings. The lowest BCUT2D eigenvalue weighted by atomic mass is 10.3. The molecule has 2 heterocycles. The SMILES string of the molecule is C=CCn1c(S[C@@H](C)C(=O)Nc2ccccc2)nnc1-c1cccnc1. The zero-order chi connectivity index (χ0) is 18.4. The van der Waals surface area contributed by atoms with Crippen molar-refractivity contribution >= 4 is 23.4 Å². The van der Waals surface area contributed by atoms with Crippen molar-refractivity contribution in [1.29, 1.82) is 0 Å². The molecule has 2 aromatic heterocycles. The molecule has 0 saturated heterocycles. The summed E-state index contributed by atoms with van der Waals surface area (Å²) in [6.07, 6.45) is 5.23. The van der Waals surface area contributed by atoms with Gasteiger partial charge in [-0.05, 0) is 31.2 Å². The van der Waals surface area contributed by atoms with E-state index in [0.717, 1.165) is 11.3 Å². The predicted molar refractivity (Wildman–Crippen MR) is 104 cm³/mol. The fourth-order valence-corrected chi connectivity index (χ4v) is 3.21. The minimum absolute atomic E-state index is 0.0859. The van der Waals surface area contributed by atoms with Gasteiger partial charge in [-0.1, -0.05) is 36.0 Å². The summed E-state index contributed by atoms with van der Waals surface area (Å²) in [5.74, 6) is 0.619. The van der Waals surface area contributed by atoms with Crippen LogP contribution in [0.25, 0.3) is 11.4 Å². The average Bonchev–Trinajstić information content (AvgIpc) is 3.06. The van der Waals surface area contributed by atoms with E-state index in [-0.39, 0.29) is 11.2 Å². The molecule has 1 atom stereocenters. The van der Waals surface area contributed by atoms with Gasteiger partial charge in [0.25, 0.3) is 0 Å². The van der Waals surface area contributed by atoms with E-state index < -0.39 is 0 Å². The number of amides is 1. The molecule has 0 bridgehead atoms. The standard InChI is InChI=1S/C19H19N5OS/c1-3-12-24-17(15-8-7-11-20-13-15)22-23-19(24)26-14(2)18(25)21-16-9-5-4-6-10-16/h3-11,13-14H,1,12H2,2H3,(H,21,25)/t14-/m0/s1. The summed E-state index contributed by atoms with van der Waals surface area (Å²) in [6, 6.07) is 13.2. The Morgan fingerprint density at radius 3 is 2.77 bits per heavy atom. The lowest BCUT2D eigenvalue weighted by Gasteiger charge is -2.13. The van der Waals surface area contributed by atoms with Gasteiger partial charge in [-0.2, -0.15) is 0 Å². The quantitative estimate of drug-likeness (QED) is 0.511. The minimum atomic E-state index is -0.329. The van der Waals surface area contributed by atoms with Gasteiger partial charge in [0, 0.05) is 30.2 Å². The molecule has 0 aliphatic heterocycles. The molecular weight excluding hydrogens is 346 g/mol. The van der Waals surface area contributed by atoms with Crippen LogP contribution in [0.15, 0.2) is 72.7 Å². The molecule has 26 heavy (non-hydrogen) atoms. The fourth-order valence-electron chi connectivity index (χ4n) is 2.36. The summed E-state index contributed by atoms with van der Waals surface area (Å²) >= 11 is 1.36. The van der Waals surface area contributed by atoms with Crippen LogP contribution in [0.3, 0.4) is 0 Å². The summed E-state index contributed by atoms with van der Waals surface area (Å²) in [4.78, 5) is 16.6. The number of carbonyl (C=O) groups is 1. The number of benzene rings is 1. The first-order valence-electron chi connectivity index (χ1n) is 8.16. The third-order valence-corrected chi connectivity index (χ3v) is 4.72. The maximum atomic E-state index is 12.4. The Hall–Kier alpha value is -2.93. The molecule has 0 saturated carbocycles. The van der Waals surface area contributed by atoms with E-state index in [2.05, 4.69) is 27.1 Å². The van der Waals surface area contributed by atoms with E-state index in [9.17, 15) is 4.79 Å². The van der Waals surface area contributed by atoms with E-state index in [1.54, 1.807) is 18.5 Å². The number of allylic oxidation sites excluding steroid dienone is 1. The van der Waals surface area contributed by atoms with Gasteiger partial charge < -0.3 is 5.32 Å². The third-order valence-electron chi connectivity index (χ3n) is 3.64. The Bertz CT molecular complexity index is 879. The number of hydrogen-bond acceptors (Lipinski definition) is 5. The summed E-state index contributed by atoms with van der Waals surface area (Å²) in [5, 5.41) is 11.8. The first-order chi connectivity index (χ1) is 12.7. The summed E-state index contributed by atoms with van der Waals surface area (Å²) in [7, 11) is 0. The first kappa shape index (κ1) is 17.9. The molecule has 1 N–H and O–H groups in total. The van der Waals surface area contributed by atoms with E-state index in [1.165, 1.54) is 11.8 Å². The highest BCUT2D eigenvalue weighted by atomic mass is 32.2. The Kier molecular flexibility index (Phi) is 5.80. The molecule has 0 fully saturated rings. The second kappa shape index (κ2) is 8.44. The van der Waals surface area contributed by atoms with Gasteiger partial charge >= 0.3 is 0 Å². The Morgan fingerprint density at radius 1 is 1.27 bits per heavy atom. The van der Waals surface area contributed by atoms with Gasteiger partial charge in [0.2, 0.25) is 5.91 Å². The van der Waals surface area contributed by atoms with Gasteiger partial charge in [0.05, 0.1) is 5.25 Å². The molecule has 7 heteroatoms. The molecule has 132 valence electrons. The lowest BCUT2D eigenvalue weighted by Crippen LogP contribution is -2.22. The molecule has 0 unspecified atom stereocenters. The highest BCUT2D eigenvalue weighted by molar-refractivity contribution is 8.00. The zero-order valence-electron chi connectivity index (χ0n) is 14.4. The zero-order valence-corrected chi connectivity index (χ0v) is 15.2. The number of para-hydroxylation sites is 1. The van der Waals surface area contributed by atoms with Crippen LogP contribution in [-0.4, -0.2) is 30.9 Å². The van der Waals surface area contributed by atoms with E-state index in [1.807, 2.05) is 54.0 Å². The number of anilines is 1. The van der Waals surface area contributed by atoms with Crippen molar-refractivity contribution in [3.05, 3.63) is 67.5 Å². The number of hydrogen-bond donors (Lipinski definition) is 1. The Balaban J connectivity index is 1.77. The molecule has 0 aliphatic carbocycles. The molecule has 6 nitrogen and oxygen atoms in total. The number of aromatic nitrogens is 4. The molecule has 0 spiro atoms. The average molecular weight is 365 g/mol. The highest BCUT2D eigenvalue weighted by Gasteiger charge is 2.20. The summed E-state index contributed by atoms with van der Waals surface area (Å²) in [5.41, 5.74) is 1.64. The lowest BCUT2D eigenvalue weighted by molar-refractivity contribution is -0.115. The van der Waals surface area contributed by atoms with Crippen molar-refractivity contribution in [1.82, 2.24) is 19.7 Å². The van der Waals surface area contributed by atoms with Crippen LogP contribution in [0.1, 0.15) is 6.92 Å². The maximum Gasteiger partial charge on any atom is 0.237 e. The van der Waals surface area contributed by atoms with E-state index in [0.29, 0.717) is 17.5 Å². The number of nitrogens with one attached hydrogen (secondary N) is 1. The van der Waals surface area contributed by atoms with Crippen molar-refractivity contribution in [3.63, 3.8) is 0 Å². The molecule has 3 rings (SSSR count). The van der Waals surface area contributed by atoms with Gasteiger partial charge in [0.1, 0.15) is 0 Å². The van der Waals surface area contributed by atoms with Crippen LogP contribution in [-0.2, 0) is 11.3 Å². The van der Waals surface area contributed by atoms with Crippen molar-refractivity contribution in [3.8, 4) is 11.4 Å². The molecule has 0 radical (unpaired) electrons. The number of thioether (sulfide) groups is 1. The van der Waals surface area contributed by atoms with Gasteiger partial charge in [-0.25, -0.2) is 0 Å². The Labute approximate surface area is 156 Å². The second-order valence-electron chi connectivity index (χ2n) is 5.56. The maximum absolute atomic E-state index is 12.4. The fraction of sp³-hybridized carbons (Fsp3) is 0.158. The van der Waals surface area contributed by atoms with Crippen LogP contribution < -0.4 is 5.32 Å². The van der Waals surface area contributed by atoms with E-state index >= 15 is 0 Å². The van der Waals surface area contributed by atoms with Gasteiger partial charge in [-0.3, -0.25) is 14.3 Å².